The predicted octanol–water partition coefficient (Wildman–Crippen LogP) is 1.96. The zero-order valence-corrected chi connectivity index (χ0v) is 12.0. The first-order valence-corrected chi connectivity index (χ1v) is 6.85. The maximum Gasteiger partial charge on any atom is 0.0561 e. The highest BCUT2D eigenvalue weighted by molar-refractivity contribution is 7.10. The Balaban J connectivity index is 2.47. The Bertz CT molecular complexity index is 309. The van der Waals surface area contributed by atoms with Gasteiger partial charge >= 0.3 is 0 Å². The number of aliphatic hydroxyl groups is 1. The molecule has 0 radical (unpaired) electrons. The van der Waals surface area contributed by atoms with E-state index in [0.717, 1.165) is 13.1 Å². The Morgan fingerprint density at radius 2 is 2.18 bits per heavy atom. The minimum atomic E-state index is -0.0493. The molecule has 1 heterocycles. The standard InChI is InChI=1S/C13H24N2OS/c1-13(2,10-16)9-14-8-11(15(3)4)12-6-5-7-17-12/h5-7,11,14,16H,8-10H2,1-4H3. The third-order valence-corrected chi connectivity index (χ3v) is 3.84. The molecule has 0 aliphatic heterocycles. The molecule has 2 N–H and O–H groups in total. The monoisotopic (exact) mass is 256 g/mol. The highest BCUT2D eigenvalue weighted by atomic mass is 32.1. The number of rotatable bonds is 7. The molecule has 1 rings (SSSR count). The van der Waals surface area contributed by atoms with Crippen LogP contribution in [0.1, 0.15) is 24.8 Å². The molecule has 0 saturated carbocycles. The van der Waals surface area contributed by atoms with Crippen LogP contribution in [0, 0.1) is 5.41 Å². The second-order valence-corrected chi connectivity index (χ2v) is 6.43. The predicted molar refractivity (Wildman–Crippen MR) is 74.5 cm³/mol. The Morgan fingerprint density at radius 3 is 2.65 bits per heavy atom. The normalized spacial score (nSPS) is 14.2. The Labute approximate surface area is 108 Å². The average Bonchev–Trinajstić information content (AvgIpc) is 2.77. The smallest absolute Gasteiger partial charge is 0.0561 e. The van der Waals surface area contributed by atoms with Gasteiger partial charge in [0.1, 0.15) is 0 Å². The second-order valence-electron chi connectivity index (χ2n) is 5.45. The lowest BCUT2D eigenvalue weighted by molar-refractivity contribution is 0.153. The van der Waals surface area contributed by atoms with Crippen molar-refractivity contribution >= 4 is 11.3 Å². The van der Waals surface area contributed by atoms with Crippen LogP contribution in [-0.4, -0.2) is 43.8 Å². The first-order valence-electron chi connectivity index (χ1n) is 5.98. The number of nitrogens with one attached hydrogen (secondary N) is 1. The molecule has 1 unspecified atom stereocenters. The van der Waals surface area contributed by atoms with Gasteiger partial charge in [0, 0.05) is 30.0 Å². The molecule has 1 aromatic rings. The molecule has 0 saturated heterocycles. The lowest BCUT2D eigenvalue weighted by atomic mass is 9.95. The number of hydrogen-bond donors (Lipinski definition) is 2. The third kappa shape index (κ3) is 4.76. The Kier molecular flexibility index (Phi) is 5.59. The fourth-order valence-corrected chi connectivity index (χ4v) is 2.54. The van der Waals surface area contributed by atoms with Crippen molar-refractivity contribution in [2.24, 2.45) is 5.41 Å². The average molecular weight is 256 g/mol. The number of hydrogen-bond acceptors (Lipinski definition) is 4. The first kappa shape index (κ1) is 14.6. The molecule has 0 spiro atoms. The topological polar surface area (TPSA) is 35.5 Å². The van der Waals surface area contributed by atoms with E-state index in [1.54, 1.807) is 11.3 Å². The molecular weight excluding hydrogens is 232 g/mol. The van der Waals surface area contributed by atoms with Gasteiger partial charge in [0.15, 0.2) is 0 Å². The minimum absolute atomic E-state index is 0.0493. The summed E-state index contributed by atoms with van der Waals surface area (Å²) in [6.07, 6.45) is 0. The maximum atomic E-state index is 9.20. The maximum absolute atomic E-state index is 9.20. The summed E-state index contributed by atoms with van der Waals surface area (Å²) in [5, 5.41) is 14.8. The largest absolute Gasteiger partial charge is 0.396 e. The summed E-state index contributed by atoms with van der Waals surface area (Å²) in [5.74, 6) is 0. The van der Waals surface area contributed by atoms with E-state index < -0.39 is 0 Å². The van der Waals surface area contributed by atoms with Crippen molar-refractivity contribution in [2.45, 2.75) is 19.9 Å². The van der Waals surface area contributed by atoms with Gasteiger partial charge in [-0.15, -0.1) is 11.3 Å². The van der Waals surface area contributed by atoms with Crippen LogP contribution in [-0.2, 0) is 0 Å². The van der Waals surface area contributed by atoms with Gasteiger partial charge in [-0.1, -0.05) is 19.9 Å². The summed E-state index contributed by atoms with van der Waals surface area (Å²) in [6, 6.07) is 4.67. The molecule has 0 aromatic carbocycles. The van der Waals surface area contributed by atoms with Crippen LogP contribution >= 0.6 is 11.3 Å². The van der Waals surface area contributed by atoms with E-state index in [1.807, 2.05) is 0 Å². The molecule has 1 aromatic heterocycles. The lowest BCUT2D eigenvalue weighted by Gasteiger charge is -2.27. The van der Waals surface area contributed by atoms with Crippen molar-refractivity contribution < 1.29 is 5.11 Å². The third-order valence-electron chi connectivity index (χ3n) is 2.86. The quantitative estimate of drug-likeness (QED) is 0.783. The molecule has 0 aliphatic rings. The van der Waals surface area contributed by atoms with Crippen LogP contribution in [0.3, 0.4) is 0 Å². The number of nitrogens with zero attached hydrogens (tertiary/aromatic N) is 1. The molecule has 4 heteroatoms. The zero-order chi connectivity index (χ0) is 12.9. The molecule has 1 atom stereocenters. The van der Waals surface area contributed by atoms with Crippen molar-refractivity contribution in [1.82, 2.24) is 10.2 Å². The van der Waals surface area contributed by atoms with Crippen LogP contribution in [0.25, 0.3) is 0 Å². The molecule has 0 fully saturated rings. The van der Waals surface area contributed by atoms with Crippen molar-refractivity contribution in [2.75, 3.05) is 33.8 Å². The zero-order valence-electron chi connectivity index (χ0n) is 11.2. The summed E-state index contributed by atoms with van der Waals surface area (Å²) in [4.78, 5) is 3.61. The van der Waals surface area contributed by atoms with Gasteiger partial charge in [-0.2, -0.15) is 0 Å². The van der Waals surface area contributed by atoms with Crippen molar-refractivity contribution in [3.63, 3.8) is 0 Å². The van der Waals surface area contributed by atoms with E-state index in [1.165, 1.54) is 4.88 Å². The fourth-order valence-electron chi connectivity index (χ4n) is 1.62. The van der Waals surface area contributed by atoms with E-state index in [9.17, 15) is 5.11 Å². The van der Waals surface area contributed by atoms with E-state index >= 15 is 0 Å². The molecule has 3 nitrogen and oxygen atoms in total. The van der Waals surface area contributed by atoms with Crippen LogP contribution in [0.5, 0.6) is 0 Å². The van der Waals surface area contributed by atoms with Gasteiger partial charge in [-0.05, 0) is 25.5 Å². The first-order chi connectivity index (χ1) is 7.96. The van der Waals surface area contributed by atoms with E-state index in [-0.39, 0.29) is 12.0 Å². The van der Waals surface area contributed by atoms with Gasteiger partial charge in [0.05, 0.1) is 6.04 Å². The van der Waals surface area contributed by atoms with Crippen LogP contribution < -0.4 is 5.32 Å². The lowest BCUT2D eigenvalue weighted by Crippen LogP contribution is -2.37. The minimum Gasteiger partial charge on any atom is -0.396 e. The number of thiophene rings is 1. The molecule has 0 amide bonds. The molecule has 98 valence electrons. The van der Waals surface area contributed by atoms with Gasteiger partial charge in [0.2, 0.25) is 0 Å². The second kappa shape index (κ2) is 6.50. The highest BCUT2D eigenvalue weighted by Crippen LogP contribution is 2.22. The summed E-state index contributed by atoms with van der Waals surface area (Å²) >= 11 is 1.79. The van der Waals surface area contributed by atoms with Gasteiger partial charge < -0.3 is 15.3 Å². The SMILES string of the molecule is CN(C)C(CNCC(C)(C)CO)c1cccs1. The summed E-state index contributed by atoms with van der Waals surface area (Å²) < 4.78 is 0. The Hall–Kier alpha value is -0.420. The van der Waals surface area contributed by atoms with Crippen LogP contribution in [0.15, 0.2) is 17.5 Å². The van der Waals surface area contributed by atoms with Crippen molar-refractivity contribution in [3.8, 4) is 0 Å². The van der Waals surface area contributed by atoms with Gasteiger partial charge in [0.25, 0.3) is 0 Å². The van der Waals surface area contributed by atoms with E-state index in [4.69, 9.17) is 0 Å². The van der Waals surface area contributed by atoms with Crippen LogP contribution in [0.4, 0.5) is 0 Å². The summed E-state index contributed by atoms with van der Waals surface area (Å²) in [7, 11) is 4.20. The molecule has 17 heavy (non-hydrogen) atoms. The van der Waals surface area contributed by atoms with Crippen molar-refractivity contribution in [1.29, 1.82) is 0 Å². The number of aliphatic hydroxyl groups excluding tert-OH is 1. The van der Waals surface area contributed by atoms with Crippen LogP contribution in [0.2, 0.25) is 0 Å². The van der Waals surface area contributed by atoms with E-state index in [0.29, 0.717) is 6.04 Å². The Morgan fingerprint density at radius 1 is 1.47 bits per heavy atom. The molecule has 0 bridgehead atoms. The summed E-state index contributed by atoms with van der Waals surface area (Å²) in [6.45, 7) is 6.09. The van der Waals surface area contributed by atoms with Gasteiger partial charge in [-0.3, -0.25) is 0 Å². The fraction of sp³-hybridized carbons (Fsp3) is 0.692. The molecular formula is C13H24N2OS. The van der Waals surface area contributed by atoms with E-state index in [2.05, 4.69) is 55.7 Å². The van der Waals surface area contributed by atoms with Gasteiger partial charge in [-0.25, -0.2) is 0 Å². The molecule has 0 aliphatic carbocycles. The number of likely N-dealkylation sites (N-methyl/N-ethyl adjacent to an activating group) is 1. The highest BCUT2D eigenvalue weighted by Gasteiger charge is 2.19. The summed E-state index contributed by atoms with van der Waals surface area (Å²) in [5.41, 5.74) is -0.0493. The van der Waals surface area contributed by atoms with Crippen molar-refractivity contribution in [3.05, 3.63) is 22.4 Å².